The summed E-state index contributed by atoms with van der Waals surface area (Å²) in [7, 11) is 0. The second-order valence-electron chi connectivity index (χ2n) is 11.2. The van der Waals surface area contributed by atoms with Crippen LogP contribution in [-0.2, 0) is 0 Å². The summed E-state index contributed by atoms with van der Waals surface area (Å²) in [6.07, 6.45) is 0. The van der Waals surface area contributed by atoms with E-state index in [1.165, 1.54) is 0 Å². The van der Waals surface area contributed by atoms with Crippen molar-refractivity contribution in [3.05, 3.63) is 142 Å². The third-order valence-corrected chi connectivity index (χ3v) is 9.38. The summed E-state index contributed by atoms with van der Waals surface area (Å²) in [6.45, 7) is 0. The van der Waals surface area contributed by atoms with E-state index in [1.54, 1.807) is 0 Å². The highest BCUT2D eigenvalue weighted by molar-refractivity contribution is 6.30. The smallest absolute Gasteiger partial charge is 0.120 e. The van der Waals surface area contributed by atoms with Gasteiger partial charge in [0, 0.05) is 0 Å². The Bertz CT molecular complexity index is 2070. The first kappa shape index (κ1) is 19.3. The van der Waals surface area contributed by atoms with Crippen molar-refractivity contribution in [2.24, 2.45) is 20.0 Å². The number of fused-ring (bicyclic) bond motifs is 12. The fourth-order valence-electron chi connectivity index (χ4n) is 7.88. The molecule has 0 saturated heterocycles. The summed E-state index contributed by atoms with van der Waals surface area (Å²) in [6, 6.07) is 34.0. The van der Waals surface area contributed by atoms with Gasteiger partial charge in [0.2, 0.25) is 0 Å². The fourth-order valence-corrected chi connectivity index (χ4v) is 7.88. The highest BCUT2D eigenvalue weighted by Gasteiger charge is 2.77. The second kappa shape index (κ2) is 5.88. The Morgan fingerprint density at radius 2 is 0.537 bits per heavy atom. The van der Waals surface area contributed by atoms with E-state index in [0.29, 0.717) is 0 Å². The average molecular weight is 525 g/mol. The van der Waals surface area contributed by atoms with Gasteiger partial charge in [0.15, 0.2) is 0 Å². The Balaban J connectivity index is 1.37. The molecule has 0 fully saturated rings. The monoisotopic (exact) mass is 524 g/mol. The third-order valence-electron chi connectivity index (χ3n) is 9.38. The molecule has 0 aromatic heterocycles. The Kier molecular flexibility index (Phi) is 2.77. The van der Waals surface area contributed by atoms with Crippen molar-refractivity contribution in [1.82, 2.24) is 0 Å². The summed E-state index contributed by atoms with van der Waals surface area (Å²) in [4.78, 5) is 21.7. The molecule has 0 unspecified atom stereocenters. The lowest BCUT2D eigenvalue weighted by Gasteiger charge is -2.38. The summed E-state index contributed by atoms with van der Waals surface area (Å²) < 4.78 is 9.32. The van der Waals surface area contributed by atoms with E-state index < -0.39 is 5.91 Å². The Morgan fingerprint density at radius 3 is 0.780 bits per heavy atom. The standard InChI is InChI=1S/C33H16N8/c1-2-10-18-17(9-1)25-34-27-19-11-3-4-12-20(19)29-36-31-23-15-7-8-16-24(23)32-37-30-22-14-6-5-13-21(22)28-35-26(18)38(25)33(39(27)29,40(28)30)41(31)32/h1-16H/q+4. The van der Waals surface area contributed by atoms with Crippen LogP contribution < -0.4 is 0 Å². The maximum atomic E-state index is 5.42. The van der Waals surface area contributed by atoms with Crippen LogP contribution in [0.25, 0.3) is 0 Å². The summed E-state index contributed by atoms with van der Waals surface area (Å²) in [5.74, 6) is 6.26. The van der Waals surface area contributed by atoms with E-state index in [0.717, 1.165) is 91.2 Å². The molecule has 1 spiro atoms. The van der Waals surface area contributed by atoms with E-state index in [1.807, 2.05) is 0 Å². The molecule has 4 aromatic carbocycles. The molecule has 0 N–H and O–H groups in total. The lowest BCUT2D eigenvalue weighted by atomic mass is 10.1. The van der Waals surface area contributed by atoms with Crippen molar-refractivity contribution < 1.29 is 18.3 Å². The first-order valence-corrected chi connectivity index (χ1v) is 13.8. The van der Waals surface area contributed by atoms with Crippen LogP contribution in [-0.4, -0.2) is 70.9 Å². The number of hydrogen-bond donors (Lipinski definition) is 0. The van der Waals surface area contributed by atoms with Crippen LogP contribution in [0.15, 0.2) is 117 Å². The molecule has 0 bridgehead atoms. The molecule has 8 heteroatoms. The molecule has 8 aliphatic rings. The zero-order chi connectivity index (χ0) is 26.2. The van der Waals surface area contributed by atoms with Crippen molar-refractivity contribution in [2.75, 3.05) is 0 Å². The van der Waals surface area contributed by atoms with Crippen molar-refractivity contribution in [3.63, 3.8) is 0 Å². The van der Waals surface area contributed by atoms with Gasteiger partial charge in [-0.15, -0.1) is 18.3 Å². The van der Waals surface area contributed by atoms with Gasteiger partial charge in [-0.05, 0) is 48.5 Å². The van der Waals surface area contributed by atoms with Crippen LogP contribution in [0.5, 0.6) is 0 Å². The topological polar surface area (TPSA) is 61.5 Å². The van der Waals surface area contributed by atoms with Crippen LogP contribution in [0.3, 0.4) is 0 Å². The molecule has 0 saturated carbocycles. The largest absolute Gasteiger partial charge is 0.491 e. The van der Waals surface area contributed by atoms with Gasteiger partial charge in [-0.25, -0.2) is 0 Å². The molecule has 0 amide bonds. The highest BCUT2D eigenvalue weighted by atomic mass is 15.7. The second-order valence-corrected chi connectivity index (χ2v) is 11.2. The van der Waals surface area contributed by atoms with Crippen molar-refractivity contribution in [2.45, 2.75) is 5.91 Å². The van der Waals surface area contributed by atoms with E-state index in [-0.39, 0.29) is 0 Å². The number of rotatable bonds is 0. The lowest BCUT2D eigenvalue weighted by molar-refractivity contribution is -1.06. The third kappa shape index (κ3) is 1.76. The van der Waals surface area contributed by atoms with Crippen LogP contribution in [0.2, 0.25) is 0 Å². The predicted molar refractivity (Wildman–Crippen MR) is 152 cm³/mol. The van der Waals surface area contributed by atoms with Crippen molar-refractivity contribution in [3.8, 4) is 0 Å². The molecule has 41 heavy (non-hydrogen) atoms. The van der Waals surface area contributed by atoms with Gasteiger partial charge in [-0.1, -0.05) is 68.5 Å². The van der Waals surface area contributed by atoms with Gasteiger partial charge in [-0.3, -0.25) is 0 Å². The van der Waals surface area contributed by atoms with Crippen LogP contribution in [0, 0.1) is 0 Å². The SMILES string of the molecule is c1ccc2c(c1)C1=NC3=[N+]4C(=NC5=[N+]6C(=NC7=[N+]8C(=NC2=[N+]1C846)c1ccccc17)c1ccccc15)c1ccccc13. The predicted octanol–water partition coefficient (Wildman–Crippen LogP) is 2.53. The Labute approximate surface area is 232 Å². The van der Waals surface area contributed by atoms with Gasteiger partial charge >= 0.3 is 5.91 Å². The molecular weight excluding hydrogens is 508 g/mol. The summed E-state index contributed by atoms with van der Waals surface area (Å²) in [5.41, 5.74) is 8.67. The average Bonchev–Trinajstić information content (AvgIpc) is 3.74. The first-order valence-electron chi connectivity index (χ1n) is 13.8. The number of nitrogens with zero attached hydrogens (tertiary/aromatic N) is 8. The van der Waals surface area contributed by atoms with Crippen molar-refractivity contribution >= 4 is 46.7 Å². The van der Waals surface area contributed by atoms with E-state index >= 15 is 0 Å². The Morgan fingerprint density at radius 1 is 0.317 bits per heavy atom. The normalized spacial score (nSPS) is 21.1. The van der Waals surface area contributed by atoms with Gasteiger partial charge in [-0.2, -0.15) is 0 Å². The fraction of sp³-hybridized carbons (Fsp3) is 0.0303. The maximum absolute atomic E-state index is 5.42. The number of amidine groups is 8. The van der Waals surface area contributed by atoms with Gasteiger partial charge in [0.1, 0.15) is 0 Å². The van der Waals surface area contributed by atoms with Crippen LogP contribution in [0.1, 0.15) is 44.5 Å². The quantitative estimate of drug-likeness (QED) is 0.318. The number of hydrogen-bond acceptors (Lipinski definition) is 4. The van der Waals surface area contributed by atoms with Crippen molar-refractivity contribution in [1.29, 1.82) is 0 Å². The van der Waals surface area contributed by atoms with E-state index in [9.17, 15) is 0 Å². The molecule has 4 aromatic rings. The van der Waals surface area contributed by atoms with Gasteiger partial charge in [0.25, 0.3) is 46.7 Å². The Hall–Kier alpha value is -5.76. The lowest BCUT2D eigenvalue weighted by Crippen LogP contribution is -2.76. The van der Waals surface area contributed by atoms with Crippen LogP contribution >= 0.6 is 0 Å². The van der Waals surface area contributed by atoms with Crippen LogP contribution in [0.4, 0.5) is 0 Å². The molecule has 8 aliphatic heterocycles. The first-order chi connectivity index (χ1) is 20.4. The molecule has 184 valence electrons. The van der Waals surface area contributed by atoms with E-state index in [2.05, 4.69) is 115 Å². The number of aliphatic imine (C=N–C) groups is 4. The summed E-state index contributed by atoms with van der Waals surface area (Å²) >= 11 is 0. The molecular formula is C33H16N8+4. The minimum atomic E-state index is -0.923. The maximum Gasteiger partial charge on any atom is 0.491 e. The molecule has 8 nitrogen and oxygen atoms in total. The van der Waals surface area contributed by atoms with Gasteiger partial charge < -0.3 is 0 Å². The zero-order valence-electron chi connectivity index (χ0n) is 21.3. The van der Waals surface area contributed by atoms with Gasteiger partial charge in [0.05, 0.1) is 44.5 Å². The number of benzene rings is 4. The van der Waals surface area contributed by atoms with E-state index in [4.69, 9.17) is 20.0 Å². The molecule has 8 heterocycles. The molecule has 0 radical (unpaired) electrons. The highest BCUT2D eigenvalue weighted by Crippen LogP contribution is 2.46. The minimum Gasteiger partial charge on any atom is -0.120 e. The molecule has 12 rings (SSSR count). The molecule has 0 aliphatic carbocycles. The molecule has 0 atom stereocenters. The zero-order valence-corrected chi connectivity index (χ0v) is 21.3. The minimum absolute atomic E-state index is 0.898. The summed E-state index contributed by atoms with van der Waals surface area (Å²) in [5, 5.41) is 0.